The van der Waals surface area contributed by atoms with Crippen LogP contribution in [0.4, 0.5) is 11.5 Å². The molecule has 1 unspecified atom stereocenters. The zero-order valence-corrected chi connectivity index (χ0v) is 26.4. The molecule has 1 saturated carbocycles. The normalized spacial score (nSPS) is 26.9. The van der Waals surface area contributed by atoms with Crippen LogP contribution < -0.4 is 10.6 Å². The lowest BCUT2D eigenvalue weighted by molar-refractivity contribution is -0.138. The molecule has 2 N–H and O–H groups in total. The molecule has 3 aliphatic heterocycles. The first kappa shape index (κ1) is 30.3. The number of fused-ring (bicyclic) bond motifs is 1. The third-order valence-electron chi connectivity index (χ3n) is 10.8. The van der Waals surface area contributed by atoms with Gasteiger partial charge in [-0.15, -0.1) is 0 Å². The summed E-state index contributed by atoms with van der Waals surface area (Å²) in [6.07, 6.45) is 22.0. The quantitative estimate of drug-likeness (QED) is 0.368. The highest BCUT2D eigenvalue weighted by Gasteiger charge is 2.34. The molecular formula is C33H48N10O2. The number of piperidine rings is 2. The third-order valence-corrected chi connectivity index (χ3v) is 10.8. The second-order valence-electron chi connectivity index (χ2n) is 13.6. The van der Waals surface area contributed by atoms with Gasteiger partial charge in [-0.1, -0.05) is 12.8 Å². The van der Waals surface area contributed by atoms with Crippen molar-refractivity contribution in [1.29, 1.82) is 0 Å². The van der Waals surface area contributed by atoms with E-state index in [1.54, 1.807) is 12.4 Å². The van der Waals surface area contributed by atoms with Crippen molar-refractivity contribution in [3.05, 3.63) is 37.2 Å². The molecule has 12 nitrogen and oxygen atoms in total. The summed E-state index contributed by atoms with van der Waals surface area (Å²) in [5.74, 6) is 1.11. The summed E-state index contributed by atoms with van der Waals surface area (Å²) >= 11 is 0. The Kier molecular flexibility index (Phi) is 9.41. The van der Waals surface area contributed by atoms with Gasteiger partial charge in [0, 0.05) is 102 Å². The molecule has 4 aliphatic rings. The van der Waals surface area contributed by atoms with Gasteiger partial charge < -0.3 is 14.6 Å². The van der Waals surface area contributed by atoms with Crippen LogP contribution in [-0.4, -0.2) is 109 Å². The Hall–Kier alpha value is -3.35. The van der Waals surface area contributed by atoms with E-state index in [2.05, 4.69) is 51.3 Å². The van der Waals surface area contributed by atoms with Gasteiger partial charge in [0.05, 0.1) is 17.9 Å². The number of carbonyl (C=O) groups excluding carboxylic acids is 2. The van der Waals surface area contributed by atoms with Gasteiger partial charge in [0.2, 0.25) is 11.8 Å². The molecule has 4 fully saturated rings. The van der Waals surface area contributed by atoms with Crippen LogP contribution in [0.15, 0.2) is 37.2 Å². The largest absolute Gasteiger partial charge is 0.335 e. The Bertz CT molecular complexity index is 1430. The minimum atomic E-state index is -0.0988. The maximum Gasteiger partial charge on any atom is 0.229 e. The number of rotatable bonds is 8. The van der Waals surface area contributed by atoms with E-state index in [-0.39, 0.29) is 17.7 Å². The molecule has 0 spiro atoms. The van der Waals surface area contributed by atoms with Crippen LogP contribution in [0, 0.1) is 11.8 Å². The van der Waals surface area contributed by atoms with Crippen molar-refractivity contribution in [2.75, 3.05) is 57.7 Å². The number of likely N-dealkylation sites (tertiary alicyclic amines) is 1. The van der Waals surface area contributed by atoms with Crippen molar-refractivity contribution in [2.45, 2.75) is 76.3 Å². The van der Waals surface area contributed by atoms with Crippen molar-refractivity contribution in [1.82, 2.24) is 44.2 Å². The number of imide groups is 1. The Morgan fingerprint density at radius 3 is 2.24 bits per heavy atom. The lowest BCUT2D eigenvalue weighted by Crippen LogP contribution is -2.52. The van der Waals surface area contributed by atoms with Crippen LogP contribution >= 0.6 is 0 Å². The first-order chi connectivity index (χ1) is 22.1. The number of imidazole rings is 1. The highest BCUT2D eigenvalue weighted by Crippen LogP contribution is 2.34. The second-order valence-corrected chi connectivity index (χ2v) is 13.6. The molecular weight excluding hydrogens is 568 g/mol. The van der Waals surface area contributed by atoms with Crippen molar-refractivity contribution in [3.63, 3.8) is 0 Å². The van der Waals surface area contributed by atoms with Crippen LogP contribution in [0.2, 0.25) is 0 Å². The molecule has 3 saturated heterocycles. The van der Waals surface area contributed by atoms with Gasteiger partial charge in [-0.2, -0.15) is 5.10 Å². The number of aromatic nitrogens is 5. The van der Waals surface area contributed by atoms with Crippen LogP contribution in [0.25, 0.3) is 5.65 Å². The number of nitrogens with one attached hydrogen (secondary N) is 2. The molecule has 45 heavy (non-hydrogen) atoms. The molecule has 3 aromatic heterocycles. The van der Waals surface area contributed by atoms with Crippen molar-refractivity contribution < 1.29 is 9.59 Å². The third kappa shape index (κ3) is 7.23. The number of hydrogen-bond donors (Lipinski definition) is 2. The van der Waals surface area contributed by atoms with Gasteiger partial charge >= 0.3 is 0 Å². The van der Waals surface area contributed by atoms with Crippen LogP contribution in [-0.2, 0) is 9.59 Å². The molecule has 242 valence electrons. The molecule has 12 heteroatoms. The number of hydrogen-bond acceptors (Lipinski definition) is 9. The predicted octanol–water partition coefficient (Wildman–Crippen LogP) is 3.32. The van der Waals surface area contributed by atoms with E-state index in [4.69, 9.17) is 0 Å². The Balaban J connectivity index is 0.799. The van der Waals surface area contributed by atoms with E-state index >= 15 is 0 Å². The van der Waals surface area contributed by atoms with Crippen LogP contribution in [0.5, 0.6) is 0 Å². The van der Waals surface area contributed by atoms with Gasteiger partial charge in [0.1, 0.15) is 0 Å². The van der Waals surface area contributed by atoms with E-state index in [1.807, 2.05) is 23.0 Å². The monoisotopic (exact) mass is 616 g/mol. The highest BCUT2D eigenvalue weighted by atomic mass is 16.2. The minimum Gasteiger partial charge on any atom is -0.335 e. The van der Waals surface area contributed by atoms with Gasteiger partial charge in [0.15, 0.2) is 11.5 Å². The summed E-state index contributed by atoms with van der Waals surface area (Å²) in [4.78, 5) is 40.8. The molecule has 3 aromatic rings. The highest BCUT2D eigenvalue weighted by molar-refractivity contribution is 5.98. The fourth-order valence-electron chi connectivity index (χ4n) is 8.17. The van der Waals surface area contributed by atoms with E-state index in [0.717, 1.165) is 88.5 Å². The standard InChI is InChI=1S/C33H48N10O2/c44-30-8-7-29(33(45)38-30)25-3-1-5-27(6-2-4-25)41-21-19-40(20-22-41)18-17-39-13-9-28(10-14-39)43-24-26(23-36-43)37-31-32-35-12-16-42(32)15-11-34-31/h11-12,15-16,23-25,27-29H,1-10,13-14,17-22H2,(H,34,37)(H,38,44,45). The molecule has 0 aromatic carbocycles. The smallest absolute Gasteiger partial charge is 0.229 e. The predicted molar refractivity (Wildman–Crippen MR) is 172 cm³/mol. The Morgan fingerprint density at radius 1 is 0.800 bits per heavy atom. The van der Waals surface area contributed by atoms with E-state index in [0.29, 0.717) is 24.4 Å². The molecule has 1 aliphatic carbocycles. The lowest BCUT2D eigenvalue weighted by Gasteiger charge is -2.41. The molecule has 0 radical (unpaired) electrons. The number of piperazine rings is 1. The van der Waals surface area contributed by atoms with Crippen LogP contribution in [0.1, 0.15) is 70.3 Å². The molecule has 2 amide bonds. The minimum absolute atomic E-state index is 0.0209. The van der Waals surface area contributed by atoms with Gasteiger partial charge in [-0.3, -0.25) is 29.4 Å². The van der Waals surface area contributed by atoms with Crippen LogP contribution in [0.3, 0.4) is 0 Å². The Labute approximate surface area is 265 Å². The topological polar surface area (TPSA) is 116 Å². The summed E-state index contributed by atoms with van der Waals surface area (Å²) in [5, 5.41) is 10.6. The second kappa shape index (κ2) is 14.0. The van der Waals surface area contributed by atoms with Crippen molar-refractivity contribution >= 4 is 29.0 Å². The van der Waals surface area contributed by atoms with E-state index < -0.39 is 0 Å². The maximum atomic E-state index is 12.4. The summed E-state index contributed by atoms with van der Waals surface area (Å²) in [6.45, 7) is 9.19. The summed E-state index contributed by atoms with van der Waals surface area (Å²) < 4.78 is 4.08. The zero-order chi connectivity index (χ0) is 30.6. The van der Waals surface area contributed by atoms with Gasteiger partial charge in [0.25, 0.3) is 0 Å². The maximum absolute atomic E-state index is 12.4. The molecule has 1 atom stereocenters. The van der Waals surface area contributed by atoms with Gasteiger partial charge in [-0.05, 0) is 50.9 Å². The summed E-state index contributed by atoms with van der Waals surface area (Å²) in [6, 6.07) is 1.11. The number of anilines is 2. The lowest BCUT2D eigenvalue weighted by atomic mass is 9.77. The van der Waals surface area contributed by atoms with Crippen molar-refractivity contribution in [2.24, 2.45) is 11.8 Å². The fraction of sp³-hybridized carbons (Fsp3) is 0.667. The summed E-state index contributed by atoms with van der Waals surface area (Å²) in [7, 11) is 0. The molecule has 6 heterocycles. The van der Waals surface area contributed by atoms with Crippen molar-refractivity contribution in [3.8, 4) is 0 Å². The van der Waals surface area contributed by atoms with E-state index in [9.17, 15) is 9.59 Å². The molecule has 0 bridgehead atoms. The SMILES string of the molecule is O=C1CCC(C2CCCC(N3CCN(CCN4CCC(n5cc(Nc6nccn7ccnc67)cn5)CC4)CC3)CCC2)C(=O)N1. The average Bonchev–Trinajstić information content (AvgIpc) is 3.72. The average molecular weight is 617 g/mol. The number of amides is 2. The fourth-order valence-corrected chi connectivity index (χ4v) is 8.17. The first-order valence-corrected chi connectivity index (χ1v) is 17.2. The van der Waals surface area contributed by atoms with Gasteiger partial charge in [-0.25, -0.2) is 9.97 Å². The van der Waals surface area contributed by atoms with E-state index in [1.165, 1.54) is 38.8 Å². The first-order valence-electron chi connectivity index (χ1n) is 17.2. The zero-order valence-electron chi connectivity index (χ0n) is 26.4. The molecule has 7 rings (SSSR count). The Morgan fingerprint density at radius 2 is 1.51 bits per heavy atom. The summed E-state index contributed by atoms with van der Waals surface area (Å²) in [5.41, 5.74) is 1.75. The number of carbonyl (C=O) groups is 2. The number of nitrogens with zero attached hydrogens (tertiary/aromatic N) is 8.